The van der Waals surface area contributed by atoms with Crippen LogP contribution in [0.15, 0.2) is 28.9 Å². The van der Waals surface area contributed by atoms with Crippen molar-refractivity contribution in [3.63, 3.8) is 0 Å². The lowest BCUT2D eigenvalue weighted by Crippen LogP contribution is -2.27. The predicted molar refractivity (Wildman–Crippen MR) is 65.8 cm³/mol. The van der Waals surface area contributed by atoms with E-state index in [4.69, 9.17) is 10.2 Å². The van der Waals surface area contributed by atoms with Crippen LogP contribution in [0.1, 0.15) is 35.0 Å². The smallest absolute Gasteiger partial charge is 0.255 e. The molecule has 0 aliphatic carbocycles. The van der Waals surface area contributed by atoms with Crippen molar-refractivity contribution in [2.24, 2.45) is 0 Å². The van der Waals surface area contributed by atoms with E-state index in [1.807, 2.05) is 0 Å². The summed E-state index contributed by atoms with van der Waals surface area (Å²) in [5, 5.41) is 2.75. The van der Waals surface area contributed by atoms with Gasteiger partial charge >= 0.3 is 0 Å². The molecule has 1 unspecified atom stereocenters. The summed E-state index contributed by atoms with van der Waals surface area (Å²) in [6, 6.07) is 2.95. The van der Waals surface area contributed by atoms with Gasteiger partial charge in [0.15, 0.2) is 0 Å². The molecule has 0 saturated carbocycles. The van der Waals surface area contributed by atoms with Crippen molar-refractivity contribution in [1.29, 1.82) is 0 Å². The van der Waals surface area contributed by atoms with E-state index < -0.39 is 0 Å². The lowest BCUT2D eigenvalue weighted by Gasteiger charge is -2.11. The molecule has 2 heterocycles. The average molecular weight is 246 g/mol. The first-order valence-corrected chi connectivity index (χ1v) is 5.51. The Labute approximate surface area is 104 Å². The van der Waals surface area contributed by atoms with E-state index in [1.54, 1.807) is 32.2 Å². The van der Waals surface area contributed by atoms with Gasteiger partial charge in [0.25, 0.3) is 5.91 Å². The molecule has 6 nitrogen and oxygen atoms in total. The fourth-order valence-electron chi connectivity index (χ4n) is 1.52. The zero-order chi connectivity index (χ0) is 13.1. The molecule has 1 atom stereocenters. The standard InChI is InChI=1S/C12H14N4O2/c1-7-6-15-12(18-7)8(2)16-11(17)9-4-3-5-14-10(9)13/h3-6,8H,1-2H3,(H2,13,14)(H,16,17). The van der Waals surface area contributed by atoms with Gasteiger partial charge in [-0.1, -0.05) is 0 Å². The van der Waals surface area contributed by atoms with Crippen molar-refractivity contribution in [1.82, 2.24) is 15.3 Å². The zero-order valence-corrected chi connectivity index (χ0v) is 10.2. The van der Waals surface area contributed by atoms with Crippen molar-refractivity contribution >= 4 is 11.7 Å². The van der Waals surface area contributed by atoms with Crippen molar-refractivity contribution < 1.29 is 9.21 Å². The van der Waals surface area contributed by atoms with Crippen LogP contribution >= 0.6 is 0 Å². The number of rotatable bonds is 3. The number of pyridine rings is 1. The molecule has 0 fully saturated rings. The van der Waals surface area contributed by atoms with Crippen LogP contribution in [-0.2, 0) is 0 Å². The first kappa shape index (κ1) is 12.1. The highest BCUT2D eigenvalue weighted by Crippen LogP contribution is 2.14. The minimum Gasteiger partial charge on any atom is -0.444 e. The number of aromatic nitrogens is 2. The molecule has 6 heteroatoms. The van der Waals surface area contributed by atoms with E-state index in [1.165, 1.54) is 6.20 Å². The van der Waals surface area contributed by atoms with E-state index in [-0.39, 0.29) is 17.8 Å². The molecule has 0 aliphatic heterocycles. The fourth-order valence-corrected chi connectivity index (χ4v) is 1.52. The van der Waals surface area contributed by atoms with Crippen LogP contribution in [0.4, 0.5) is 5.82 Å². The molecule has 94 valence electrons. The van der Waals surface area contributed by atoms with Gasteiger partial charge in [-0.15, -0.1) is 0 Å². The molecule has 0 aromatic carbocycles. The number of carbonyl (C=O) groups is 1. The Kier molecular flexibility index (Phi) is 3.27. The van der Waals surface area contributed by atoms with E-state index >= 15 is 0 Å². The second-order valence-corrected chi connectivity index (χ2v) is 3.94. The fraction of sp³-hybridized carbons (Fsp3) is 0.250. The van der Waals surface area contributed by atoms with Crippen molar-refractivity contribution in [2.75, 3.05) is 5.73 Å². The zero-order valence-electron chi connectivity index (χ0n) is 10.2. The molecular formula is C12H14N4O2. The number of hydrogen-bond acceptors (Lipinski definition) is 5. The summed E-state index contributed by atoms with van der Waals surface area (Å²) in [4.78, 5) is 19.9. The maximum atomic E-state index is 12.0. The molecule has 2 aromatic rings. The summed E-state index contributed by atoms with van der Waals surface area (Å²) in [5.74, 6) is 1.06. The van der Waals surface area contributed by atoms with E-state index in [2.05, 4.69) is 15.3 Å². The second-order valence-electron chi connectivity index (χ2n) is 3.94. The van der Waals surface area contributed by atoms with Gasteiger partial charge in [0.2, 0.25) is 5.89 Å². The number of carbonyl (C=O) groups excluding carboxylic acids is 1. The molecule has 0 aliphatic rings. The number of hydrogen-bond donors (Lipinski definition) is 2. The third-order valence-electron chi connectivity index (χ3n) is 2.44. The van der Waals surface area contributed by atoms with Gasteiger partial charge in [-0.2, -0.15) is 0 Å². The minimum absolute atomic E-state index is 0.200. The van der Waals surface area contributed by atoms with E-state index in [0.29, 0.717) is 17.2 Å². The third kappa shape index (κ3) is 2.48. The molecule has 0 saturated heterocycles. The number of amides is 1. The SMILES string of the molecule is Cc1cnc(C(C)NC(=O)c2cccnc2N)o1. The number of aryl methyl sites for hydroxylation is 1. The van der Waals surface area contributed by atoms with Crippen LogP contribution in [0.3, 0.4) is 0 Å². The van der Waals surface area contributed by atoms with Gasteiger partial charge < -0.3 is 15.5 Å². The summed E-state index contributed by atoms with van der Waals surface area (Å²) in [6.45, 7) is 3.58. The molecule has 0 radical (unpaired) electrons. The van der Waals surface area contributed by atoms with Crippen LogP contribution in [0.25, 0.3) is 0 Å². The van der Waals surface area contributed by atoms with Crippen LogP contribution in [0.5, 0.6) is 0 Å². The number of nitrogens with zero attached hydrogens (tertiary/aromatic N) is 2. The number of nitrogens with one attached hydrogen (secondary N) is 1. The summed E-state index contributed by atoms with van der Waals surface area (Å²) in [5.41, 5.74) is 5.97. The van der Waals surface area contributed by atoms with Crippen LogP contribution in [0.2, 0.25) is 0 Å². The molecule has 0 bridgehead atoms. The largest absolute Gasteiger partial charge is 0.444 e. The summed E-state index contributed by atoms with van der Waals surface area (Å²) < 4.78 is 5.34. The lowest BCUT2D eigenvalue weighted by atomic mass is 10.2. The van der Waals surface area contributed by atoms with Gasteiger partial charge in [-0.05, 0) is 26.0 Å². The van der Waals surface area contributed by atoms with Gasteiger partial charge in [-0.25, -0.2) is 9.97 Å². The van der Waals surface area contributed by atoms with Crippen molar-refractivity contribution in [3.05, 3.63) is 41.7 Å². The lowest BCUT2D eigenvalue weighted by molar-refractivity contribution is 0.0934. The Morgan fingerprint density at radius 3 is 2.89 bits per heavy atom. The van der Waals surface area contributed by atoms with Crippen LogP contribution in [0, 0.1) is 6.92 Å². The minimum atomic E-state index is -0.328. The Bertz CT molecular complexity index is 565. The normalized spacial score (nSPS) is 12.1. The van der Waals surface area contributed by atoms with Gasteiger partial charge in [0.1, 0.15) is 17.6 Å². The number of oxazole rings is 1. The average Bonchev–Trinajstić information content (AvgIpc) is 2.76. The van der Waals surface area contributed by atoms with Crippen LogP contribution in [-0.4, -0.2) is 15.9 Å². The highest BCUT2D eigenvalue weighted by molar-refractivity contribution is 5.98. The Morgan fingerprint density at radius 2 is 2.28 bits per heavy atom. The Hall–Kier alpha value is -2.37. The first-order valence-electron chi connectivity index (χ1n) is 5.51. The first-order chi connectivity index (χ1) is 8.58. The van der Waals surface area contributed by atoms with E-state index in [0.717, 1.165) is 0 Å². The number of nitrogen functional groups attached to an aromatic ring is 1. The summed E-state index contributed by atoms with van der Waals surface area (Å²) in [7, 11) is 0. The Morgan fingerprint density at radius 1 is 1.50 bits per heavy atom. The number of nitrogens with two attached hydrogens (primary N) is 1. The summed E-state index contributed by atoms with van der Waals surface area (Å²) >= 11 is 0. The van der Waals surface area contributed by atoms with Crippen molar-refractivity contribution in [3.8, 4) is 0 Å². The molecule has 2 aromatic heterocycles. The Balaban J connectivity index is 2.10. The molecule has 3 N–H and O–H groups in total. The van der Waals surface area contributed by atoms with Gasteiger partial charge in [0, 0.05) is 6.20 Å². The predicted octanol–water partition coefficient (Wildman–Crippen LogP) is 1.45. The van der Waals surface area contributed by atoms with Crippen LogP contribution < -0.4 is 11.1 Å². The maximum Gasteiger partial charge on any atom is 0.255 e. The molecule has 18 heavy (non-hydrogen) atoms. The highest BCUT2D eigenvalue weighted by Gasteiger charge is 2.17. The quantitative estimate of drug-likeness (QED) is 0.854. The molecule has 0 spiro atoms. The highest BCUT2D eigenvalue weighted by atomic mass is 16.4. The third-order valence-corrected chi connectivity index (χ3v) is 2.44. The number of anilines is 1. The monoisotopic (exact) mass is 246 g/mol. The molecule has 1 amide bonds. The summed E-state index contributed by atoms with van der Waals surface area (Å²) in [6.07, 6.45) is 3.14. The van der Waals surface area contributed by atoms with Gasteiger partial charge in [-0.3, -0.25) is 4.79 Å². The molecular weight excluding hydrogens is 232 g/mol. The van der Waals surface area contributed by atoms with E-state index in [9.17, 15) is 4.79 Å². The maximum absolute atomic E-state index is 12.0. The van der Waals surface area contributed by atoms with Gasteiger partial charge in [0.05, 0.1) is 11.8 Å². The second kappa shape index (κ2) is 4.87. The molecule has 2 rings (SSSR count). The van der Waals surface area contributed by atoms with Crippen molar-refractivity contribution in [2.45, 2.75) is 19.9 Å². The topological polar surface area (TPSA) is 94.0 Å².